The summed E-state index contributed by atoms with van der Waals surface area (Å²) >= 11 is 0. The highest BCUT2D eigenvalue weighted by Crippen LogP contribution is 2.21. The van der Waals surface area contributed by atoms with Gasteiger partial charge in [0.2, 0.25) is 11.8 Å². The number of carbonyl (C=O) groups excluding carboxylic acids is 2. The number of amides is 2. The van der Waals surface area contributed by atoms with Crippen molar-refractivity contribution in [3.63, 3.8) is 0 Å². The van der Waals surface area contributed by atoms with E-state index in [-0.39, 0.29) is 30.2 Å². The summed E-state index contributed by atoms with van der Waals surface area (Å²) in [6.45, 7) is 5.97. The van der Waals surface area contributed by atoms with Gasteiger partial charge in [-0.2, -0.15) is 0 Å². The van der Waals surface area contributed by atoms with Crippen LogP contribution < -0.4 is 5.32 Å². The number of hydrogen-bond donors (Lipinski definition) is 1. The van der Waals surface area contributed by atoms with Crippen LogP contribution in [0.15, 0.2) is 66.7 Å². The van der Waals surface area contributed by atoms with Crippen molar-refractivity contribution in [2.45, 2.75) is 58.7 Å². The van der Waals surface area contributed by atoms with E-state index in [2.05, 4.69) is 23.5 Å². The lowest BCUT2D eigenvalue weighted by Crippen LogP contribution is -2.50. The minimum atomic E-state index is -0.581. The van der Waals surface area contributed by atoms with Crippen molar-refractivity contribution < 1.29 is 14.0 Å². The number of nitrogens with one attached hydrogen (secondary N) is 1. The van der Waals surface area contributed by atoms with Gasteiger partial charge in [0, 0.05) is 19.0 Å². The first kappa shape index (κ1) is 23.5. The van der Waals surface area contributed by atoms with Crippen LogP contribution in [0, 0.1) is 5.82 Å². The molecule has 4 nitrogen and oxygen atoms in total. The Hall–Kier alpha value is -3.21. The van der Waals surface area contributed by atoms with Crippen LogP contribution in [0.25, 0.3) is 10.8 Å². The molecule has 1 atom stereocenters. The average Bonchev–Trinajstić information content (AvgIpc) is 2.78. The number of aryl methyl sites for hydroxylation is 1. The van der Waals surface area contributed by atoms with E-state index in [0.717, 1.165) is 21.9 Å². The van der Waals surface area contributed by atoms with Crippen LogP contribution >= 0.6 is 0 Å². The molecule has 168 valence electrons. The van der Waals surface area contributed by atoms with Gasteiger partial charge in [0.05, 0.1) is 0 Å². The zero-order valence-electron chi connectivity index (χ0n) is 19.0. The maximum atomic E-state index is 13.4. The fourth-order valence-electron chi connectivity index (χ4n) is 3.98. The molecule has 3 aromatic rings. The fraction of sp³-hybridized carbons (Fsp3) is 0.333. The zero-order valence-corrected chi connectivity index (χ0v) is 19.0. The number of benzene rings is 3. The zero-order chi connectivity index (χ0) is 23.1. The third kappa shape index (κ3) is 5.94. The molecule has 3 aromatic carbocycles. The van der Waals surface area contributed by atoms with Gasteiger partial charge in [0.1, 0.15) is 11.9 Å². The second kappa shape index (κ2) is 10.9. The smallest absolute Gasteiger partial charge is 0.243 e. The molecule has 0 saturated carbocycles. The van der Waals surface area contributed by atoms with E-state index in [9.17, 15) is 14.0 Å². The molecule has 1 N–H and O–H groups in total. The summed E-state index contributed by atoms with van der Waals surface area (Å²) in [5.41, 5.74) is 1.90. The summed E-state index contributed by atoms with van der Waals surface area (Å²) in [6.07, 6.45) is 1.38. The van der Waals surface area contributed by atoms with E-state index in [1.54, 1.807) is 17.0 Å². The Labute approximate surface area is 189 Å². The van der Waals surface area contributed by atoms with Crippen LogP contribution in [-0.2, 0) is 22.6 Å². The number of carbonyl (C=O) groups is 2. The molecular weight excluding hydrogens is 403 g/mol. The van der Waals surface area contributed by atoms with Crippen LogP contribution in [0.4, 0.5) is 4.39 Å². The number of nitrogens with zero attached hydrogens (tertiary/aromatic N) is 1. The monoisotopic (exact) mass is 434 g/mol. The van der Waals surface area contributed by atoms with Gasteiger partial charge in [-0.05, 0) is 60.7 Å². The maximum absolute atomic E-state index is 13.4. The molecule has 0 aromatic heterocycles. The molecule has 1 unspecified atom stereocenters. The van der Waals surface area contributed by atoms with Crippen LogP contribution in [0.3, 0.4) is 0 Å². The van der Waals surface area contributed by atoms with Gasteiger partial charge in [0.25, 0.3) is 0 Å². The van der Waals surface area contributed by atoms with Crippen molar-refractivity contribution >= 4 is 22.6 Å². The van der Waals surface area contributed by atoms with Gasteiger partial charge in [-0.3, -0.25) is 9.59 Å². The molecule has 2 amide bonds. The van der Waals surface area contributed by atoms with Gasteiger partial charge in [-0.15, -0.1) is 0 Å². The summed E-state index contributed by atoms with van der Waals surface area (Å²) in [5, 5.41) is 5.21. The number of fused-ring (bicyclic) bond motifs is 1. The number of halogens is 1. The number of rotatable bonds is 9. The Morgan fingerprint density at radius 2 is 1.66 bits per heavy atom. The standard InChI is InChI=1S/C27H31FN2O2/c1-4-25(27(32)29-19(2)3)30(18-20-12-15-23(28)16-13-20)26(31)17-14-22-10-7-9-21-8-5-6-11-24(21)22/h5-13,15-16,19,25H,4,14,17-18H2,1-3H3,(H,29,32). The fourth-order valence-corrected chi connectivity index (χ4v) is 3.98. The summed E-state index contributed by atoms with van der Waals surface area (Å²) in [6, 6.07) is 19.7. The third-order valence-corrected chi connectivity index (χ3v) is 5.57. The summed E-state index contributed by atoms with van der Waals surface area (Å²) in [5.74, 6) is -0.580. The summed E-state index contributed by atoms with van der Waals surface area (Å²) in [4.78, 5) is 27.9. The maximum Gasteiger partial charge on any atom is 0.243 e. The second-order valence-corrected chi connectivity index (χ2v) is 8.37. The molecule has 0 radical (unpaired) electrons. The van der Waals surface area contributed by atoms with Gasteiger partial charge >= 0.3 is 0 Å². The largest absolute Gasteiger partial charge is 0.352 e. The highest BCUT2D eigenvalue weighted by molar-refractivity contribution is 5.89. The van der Waals surface area contributed by atoms with Crippen LogP contribution in [0.1, 0.15) is 44.7 Å². The normalized spacial score (nSPS) is 12.0. The molecule has 0 bridgehead atoms. The predicted molar refractivity (Wildman–Crippen MR) is 127 cm³/mol. The van der Waals surface area contributed by atoms with E-state index in [4.69, 9.17) is 0 Å². The van der Waals surface area contributed by atoms with Gasteiger partial charge < -0.3 is 10.2 Å². The van der Waals surface area contributed by atoms with Crippen molar-refractivity contribution in [3.8, 4) is 0 Å². The van der Waals surface area contributed by atoms with E-state index in [1.807, 2.05) is 45.0 Å². The average molecular weight is 435 g/mol. The van der Waals surface area contributed by atoms with Crippen molar-refractivity contribution in [3.05, 3.63) is 83.7 Å². The lowest BCUT2D eigenvalue weighted by atomic mass is 10.00. The summed E-state index contributed by atoms with van der Waals surface area (Å²) in [7, 11) is 0. The molecular formula is C27H31FN2O2. The molecule has 0 aliphatic heterocycles. The van der Waals surface area contributed by atoms with Gasteiger partial charge in [-0.25, -0.2) is 4.39 Å². The van der Waals surface area contributed by atoms with Crippen LogP contribution in [0.2, 0.25) is 0 Å². The molecule has 0 aliphatic rings. The third-order valence-electron chi connectivity index (χ3n) is 5.57. The number of hydrogen-bond acceptors (Lipinski definition) is 2. The van der Waals surface area contributed by atoms with Crippen LogP contribution in [0.5, 0.6) is 0 Å². The first-order chi connectivity index (χ1) is 15.4. The van der Waals surface area contributed by atoms with E-state index in [0.29, 0.717) is 19.3 Å². The molecule has 32 heavy (non-hydrogen) atoms. The Balaban J connectivity index is 1.82. The highest BCUT2D eigenvalue weighted by atomic mass is 19.1. The van der Waals surface area contributed by atoms with E-state index >= 15 is 0 Å². The quantitative estimate of drug-likeness (QED) is 0.500. The van der Waals surface area contributed by atoms with E-state index < -0.39 is 6.04 Å². The van der Waals surface area contributed by atoms with Gasteiger partial charge in [0.15, 0.2) is 0 Å². The molecule has 0 heterocycles. The minimum Gasteiger partial charge on any atom is -0.352 e. The topological polar surface area (TPSA) is 49.4 Å². The Morgan fingerprint density at radius 3 is 2.34 bits per heavy atom. The SMILES string of the molecule is CCC(C(=O)NC(C)C)N(Cc1ccc(F)cc1)C(=O)CCc1cccc2ccccc12. The van der Waals surface area contributed by atoms with Crippen molar-refractivity contribution in [1.29, 1.82) is 0 Å². The Morgan fingerprint density at radius 1 is 0.969 bits per heavy atom. The lowest BCUT2D eigenvalue weighted by Gasteiger charge is -2.31. The molecule has 0 spiro atoms. The highest BCUT2D eigenvalue weighted by Gasteiger charge is 2.28. The van der Waals surface area contributed by atoms with E-state index in [1.165, 1.54) is 12.1 Å². The molecule has 0 fully saturated rings. The van der Waals surface area contributed by atoms with Crippen LogP contribution in [-0.4, -0.2) is 28.8 Å². The molecule has 3 rings (SSSR count). The first-order valence-corrected chi connectivity index (χ1v) is 11.2. The Bertz CT molecular complexity index is 1060. The first-order valence-electron chi connectivity index (χ1n) is 11.2. The Kier molecular flexibility index (Phi) is 7.98. The van der Waals surface area contributed by atoms with Crippen molar-refractivity contribution in [1.82, 2.24) is 10.2 Å². The predicted octanol–water partition coefficient (Wildman–Crippen LogP) is 5.24. The molecule has 0 saturated heterocycles. The molecule has 0 aliphatic carbocycles. The minimum absolute atomic E-state index is 0.0185. The second-order valence-electron chi connectivity index (χ2n) is 8.37. The summed E-state index contributed by atoms with van der Waals surface area (Å²) < 4.78 is 13.4. The molecule has 5 heteroatoms. The van der Waals surface area contributed by atoms with Gasteiger partial charge in [-0.1, -0.05) is 61.5 Å². The lowest BCUT2D eigenvalue weighted by molar-refractivity contribution is -0.141. The van der Waals surface area contributed by atoms with Crippen molar-refractivity contribution in [2.75, 3.05) is 0 Å². The van der Waals surface area contributed by atoms with Crippen molar-refractivity contribution in [2.24, 2.45) is 0 Å².